The zero-order valence-corrected chi connectivity index (χ0v) is 24.6. The molecule has 0 saturated carbocycles. The summed E-state index contributed by atoms with van der Waals surface area (Å²) >= 11 is 0. The Labute approximate surface area is 247 Å². The van der Waals surface area contributed by atoms with E-state index in [1.807, 2.05) is 53.4 Å². The third kappa shape index (κ3) is 6.57. The molecule has 2 amide bonds. The molecule has 1 fully saturated rings. The van der Waals surface area contributed by atoms with Crippen LogP contribution in [-0.2, 0) is 5.41 Å². The number of phenols is 1. The van der Waals surface area contributed by atoms with Gasteiger partial charge in [0.05, 0.1) is 7.11 Å². The molecule has 1 aliphatic rings. The van der Waals surface area contributed by atoms with Gasteiger partial charge in [-0.05, 0) is 94.9 Å². The van der Waals surface area contributed by atoms with E-state index in [1.165, 1.54) is 0 Å². The van der Waals surface area contributed by atoms with Crippen LogP contribution < -0.4 is 15.0 Å². The predicted octanol–water partition coefficient (Wildman–Crippen LogP) is 6.58. The number of rotatable bonds is 6. The lowest BCUT2D eigenvalue weighted by molar-refractivity contribution is 0.0746. The fourth-order valence-electron chi connectivity index (χ4n) is 5.09. The van der Waals surface area contributed by atoms with E-state index in [0.29, 0.717) is 43.0 Å². The molecule has 7 heteroatoms. The Morgan fingerprint density at radius 2 is 1.48 bits per heavy atom. The SMILES string of the molecule is COc1ccc(NC(=O)c2ccc(N3CCN(C(=O)c4cc(-c5cccc(O)c5)cc(C(C)(C)C)c4)CC3)cc2)cc1. The van der Waals surface area contributed by atoms with E-state index in [-0.39, 0.29) is 23.0 Å². The largest absolute Gasteiger partial charge is 0.508 e. The summed E-state index contributed by atoms with van der Waals surface area (Å²) in [6.45, 7) is 8.99. The van der Waals surface area contributed by atoms with Crippen LogP contribution in [0.25, 0.3) is 11.1 Å². The van der Waals surface area contributed by atoms with Gasteiger partial charge in [-0.2, -0.15) is 0 Å². The van der Waals surface area contributed by atoms with Crippen LogP contribution in [0.3, 0.4) is 0 Å². The van der Waals surface area contributed by atoms with Crippen LogP contribution in [0, 0.1) is 0 Å². The third-order valence-electron chi connectivity index (χ3n) is 7.63. The molecule has 42 heavy (non-hydrogen) atoms. The van der Waals surface area contributed by atoms with Crippen LogP contribution in [0.2, 0.25) is 0 Å². The maximum Gasteiger partial charge on any atom is 0.255 e. The van der Waals surface area contributed by atoms with Crippen LogP contribution in [0.4, 0.5) is 11.4 Å². The van der Waals surface area contributed by atoms with E-state index in [1.54, 1.807) is 43.5 Å². The molecule has 0 radical (unpaired) electrons. The van der Waals surface area contributed by atoms with Gasteiger partial charge in [0.15, 0.2) is 0 Å². The normalized spacial score (nSPS) is 13.5. The van der Waals surface area contributed by atoms with Crippen molar-refractivity contribution in [3.8, 4) is 22.6 Å². The summed E-state index contributed by atoms with van der Waals surface area (Å²) in [5, 5.41) is 12.9. The van der Waals surface area contributed by atoms with Gasteiger partial charge in [-0.25, -0.2) is 0 Å². The number of amides is 2. The number of hydrogen-bond acceptors (Lipinski definition) is 5. The number of piperazine rings is 1. The van der Waals surface area contributed by atoms with Gasteiger partial charge in [0, 0.05) is 48.7 Å². The number of benzene rings is 4. The highest BCUT2D eigenvalue weighted by Gasteiger charge is 2.25. The maximum absolute atomic E-state index is 13.7. The number of carbonyl (C=O) groups is 2. The van der Waals surface area contributed by atoms with Gasteiger partial charge in [0.2, 0.25) is 0 Å². The number of nitrogens with one attached hydrogen (secondary N) is 1. The van der Waals surface area contributed by atoms with Crippen LogP contribution >= 0.6 is 0 Å². The fourth-order valence-corrected chi connectivity index (χ4v) is 5.09. The number of methoxy groups -OCH3 is 1. The van der Waals surface area contributed by atoms with Gasteiger partial charge in [-0.1, -0.05) is 39.0 Å². The summed E-state index contributed by atoms with van der Waals surface area (Å²) in [6, 6.07) is 27.9. The second-order valence-corrected chi connectivity index (χ2v) is 11.6. The molecule has 1 saturated heterocycles. The molecule has 7 nitrogen and oxygen atoms in total. The molecular formula is C35H37N3O4. The van der Waals surface area contributed by atoms with E-state index >= 15 is 0 Å². The Bertz CT molecular complexity index is 1570. The van der Waals surface area contributed by atoms with Crippen molar-refractivity contribution in [2.75, 3.05) is 43.5 Å². The molecule has 0 unspecified atom stereocenters. The minimum Gasteiger partial charge on any atom is -0.508 e. The lowest BCUT2D eigenvalue weighted by Gasteiger charge is -2.36. The topological polar surface area (TPSA) is 82.1 Å². The van der Waals surface area contributed by atoms with Crippen molar-refractivity contribution in [3.63, 3.8) is 0 Å². The van der Waals surface area contributed by atoms with Crippen molar-refractivity contribution in [1.29, 1.82) is 0 Å². The third-order valence-corrected chi connectivity index (χ3v) is 7.63. The van der Waals surface area contributed by atoms with Gasteiger partial charge in [-0.3, -0.25) is 9.59 Å². The van der Waals surface area contributed by atoms with E-state index < -0.39 is 0 Å². The molecule has 5 rings (SSSR count). The summed E-state index contributed by atoms with van der Waals surface area (Å²) in [4.78, 5) is 30.5. The van der Waals surface area contributed by atoms with E-state index in [9.17, 15) is 14.7 Å². The number of anilines is 2. The monoisotopic (exact) mass is 563 g/mol. The van der Waals surface area contributed by atoms with E-state index in [2.05, 4.69) is 37.1 Å². The first-order valence-electron chi connectivity index (χ1n) is 14.2. The lowest BCUT2D eigenvalue weighted by Crippen LogP contribution is -2.48. The fraction of sp³-hybridized carbons (Fsp3) is 0.257. The molecule has 4 aromatic carbocycles. The molecule has 1 aliphatic heterocycles. The summed E-state index contributed by atoms with van der Waals surface area (Å²) < 4.78 is 5.17. The Kier molecular flexibility index (Phi) is 8.20. The standard InChI is InChI=1S/C35H37N3O4/c1-35(2,3)28-21-26(25-6-5-7-31(39)23-25)20-27(22-28)34(41)38-18-16-37(17-19-38)30-12-8-24(9-13-30)33(40)36-29-10-14-32(42-4)15-11-29/h5-15,20-23,39H,16-19H2,1-4H3,(H,36,40). The summed E-state index contributed by atoms with van der Waals surface area (Å²) in [7, 11) is 1.61. The molecule has 0 spiro atoms. The number of ether oxygens (including phenoxy) is 1. The first-order chi connectivity index (χ1) is 20.1. The first-order valence-corrected chi connectivity index (χ1v) is 14.2. The Balaban J connectivity index is 1.24. The second-order valence-electron chi connectivity index (χ2n) is 11.6. The molecule has 0 atom stereocenters. The van der Waals surface area contributed by atoms with Crippen molar-refractivity contribution in [1.82, 2.24) is 4.90 Å². The number of nitrogens with zero attached hydrogens (tertiary/aromatic N) is 2. The zero-order chi connectivity index (χ0) is 29.9. The maximum atomic E-state index is 13.7. The summed E-state index contributed by atoms with van der Waals surface area (Å²) in [5.74, 6) is 0.761. The molecule has 4 aromatic rings. The van der Waals surface area contributed by atoms with Crippen molar-refractivity contribution < 1.29 is 19.4 Å². The molecule has 1 heterocycles. The van der Waals surface area contributed by atoms with Crippen LogP contribution in [0.1, 0.15) is 47.1 Å². The second kappa shape index (κ2) is 12.0. The molecule has 0 aromatic heterocycles. The summed E-state index contributed by atoms with van der Waals surface area (Å²) in [5.41, 5.74) is 5.67. The van der Waals surface area contributed by atoms with Crippen LogP contribution in [0.5, 0.6) is 11.5 Å². The minimum absolute atomic E-state index is 0.00713. The average molecular weight is 564 g/mol. The van der Waals surface area contributed by atoms with Crippen molar-refractivity contribution in [3.05, 3.63) is 108 Å². The number of carbonyl (C=O) groups excluding carboxylic acids is 2. The Morgan fingerprint density at radius 3 is 2.10 bits per heavy atom. The molecule has 2 N–H and O–H groups in total. The van der Waals surface area contributed by atoms with Crippen molar-refractivity contribution in [2.45, 2.75) is 26.2 Å². The first kappa shape index (κ1) is 28.7. The molecule has 216 valence electrons. The number of aromatic hydroxyl groups is 1. The highest BCUT2D eigenvalue weighted by atomic mass is 16.5. The molecule has 0 bridgehead atoms. The van der Waals surface area contributed by atoms with E-state index in [4.69, 9.17) is 4.74 Å². The molecular weight excluding hydrogens is 526 g/mol. The van der Waals surface area contributed by atoms with Gasteiger partial charge in [-0.15, -0.1) is 0 Å². The van der Waals surface area contributed by atoms with Crippen molar-refractivity contribution >= 4 is 23.2 Å². The van der Waals surface area contributed by atoms with Gasteiger partial charge >= 0.3 is 0 Å². The lowest BCUT2D eigenvalue weighted by atomic mass is 9.84. The van der Waals surface area contributed by atoms with Gasteiger partial charge in [0.1, 0.15) is 11.5 Å². The quantitative estimate of drug-likeness (QED) is 0.277. The Morgan fingerprint density at radius 1 is 0.786 bits per heavy atom. The van der Waals surface area contributed by atoms with E-state index in [0.717, 1.165) is 28.1 Å². The minimum atomic E-state index is -0.176. The zero-order valence-electron chi connectivity index (χ0n) is 24.6. The van der Waals surface area contributed by atoms with Gasteiger partial charge in [0.25, 0.3) is 11.8 Å². The summed E-state index contributed by atoms with van der Waals surface area (Å²) in [6.07, 6.45) is 0. The average Bonchev–Trinajstić information content (AvgIpc) is 3.00. The highest BCUT2D eigenvalue weighted by Crippen LogP contribution is 2.31. The number of phenolic OH excluding ortho intramolecular Hbond substituents is 1. The predicted molar refractivity (Wildman–Crippen MR) is 168 cm³/mol. The smallest absolute Gasteiger partial charge is 0.255 e. The van der Waals surface area contributed by atoms with Crippen LogP contribution in [-0.4, -0.2) is 55.1 Å². The van der Waals surface area contributed by atoms with Crippen LogP contribution in [0.15, 0.2) is 91.0 Å². The highest BCUT2D eigenvalue weighted by molar-refractivity contribution is 6.04. The van der Waals surface area contributed by atoms with Crippen molar-refractivity contribution in [2.24, 2.45) is 0 Å². The Hall–Kier alpha value is -4.78. The molecule has 0 aliphatic carbocycles. The number of hydrogen-bond donors (Lipinski definition) is 2. The van der Waals surface area contributed by atoms with Gasteiger partial charge < -0.3 is 25.0 Å².